The highest BCUT2D eigenvalue weighted by Gasteiger charge is 1.91. The Bertz CT molecular complexity index is 326. The molecule has 0 aromatic heterocycles. The zero-order valence-corrected chi connectivity index (χ0v) is 9.82. The first-order chi connectivity index (χ1) is 6.72. The van der Waals surface area contributed by atoms with Crippen LogP contribution in [-0.4, -0.2) is 0 Å². The van der Waals surface area contributed by atoms with Crippen molar-refractivity contribution in [1.29, 1.82) is 0 Å². The second-order valence-electron chi connectivity index (χ2n) is 3.47. The third kappa shape index (κ3) is 3.89. The summed E-state index contributed by atoms with van der Waals surface area (Å²) in [7, 11) is 0. The largest absolute Gasteiger partial charge is 0.0878 e. The quantitative estimate of drug-likeness (QED) is 0.516. The first kappa shape index (κ1) is 11.2. The van der Waals surface area contributed by atoms with Gasteiger partial charge in [-0.1, -0.05) is 37.5 Å². The van der Waals surface area contributed by atoms with E-state index in [1.165, 1.54) is 10.5 Å². The third-order valence-electron chi connectivity index (χ3n) is 2.11. The summed E-state index contributed by atoms with van der Waals surface area (Å²) in [5.74, 6) is 3.72. The van der Waals surface area contributed by atoms with Gasteiger partial charge in [-0.3, -0.25) is 0 Å². The molecule has 0 fully saturated rings. The molecule has 0 amide bonds. The molecule has 0 radical (unpaired) electrons. The Labute approximate surface area is 91.1 Å². The van der Waals surface area contributed by atoms with Crippen LogP contribution in [0.25, 0.3) is 0 Å². The molecule has 0 aliphatic carbocycles. The van der Waals surface area contributed by atoms with E-state index in [9.17, 15) is 0 Å². The minimum Gasteiger partial charge on any atom is -0.0878 e. The van der Waals surface area contributed by atoms with Crippen LogP contribution in [0.5, 0.6) is 0 Å². The predicted molar refractivity (Wildman–Crippen MR) is 64.3 cm³/mol. The van der Waals surface area contributed by atoms with E-state index in [2.05, 4.69) is 56.2 Å². The predicted octanol–water partition coefficient (Wildman–Crippen LogP) is 4.09. The lowest BCUT2D eigenvalue weighted by atomic mass is 10.1. The van der Waals surface area contributed by atoms with Gasteiger partial charge in [0.2, 0.25) is 0 Å². The van der Waals surface area contributed by atoms with E-state index in [1.807, 2.05) is 0 Å². The summed E-state index contributed by atoms with van der Waals surface area (Å²) in [5, 5.41) is 3.14. The Morgan fingerprint density at radius 1 is 1.29 bits per heavy atom. The SMILES string of the molecule is CCC(C)C#CSc1ccc(C)cc1. The molecule has 14 heavy (non-hydrogen) atoms. The average molecular weight is 204 g/mol. The van der Waals surface area contributed by atoms with Crippen LogP contribution in [0.15, 0.2) is 29.2 Å². The number of aryl methyl sites for hydroxylation is 1. The van der Waals surface area contributed by atoms with Gasteiger partial charge in [0.15, 0.2) is 0 Å². The van der Waals surface area contributed by atoms with Crippen molar-refractivity contribution in [3.8, 4) is 11.2 Å². The normalized spacial score (nSPS) is 11.6. The third-order valence-corrected chi connectivity index (χ3v) is 2.84. The maximum absolute atomic E-state index is 3.21. The van der Waals surface area contributed by atoms with Gasteiger partial charge in [-0.2, -0.15) is 0 Å². The molecular weight excluding hydrogens is 188 g/mol. The number of rotatable bonds is 2. The second kappa shape index (κ2) is 5.78. The Morgan fingerprint density at radius 3 is 2.50 bits per heavy atom. The van der Waals surface area contributed by atoms with E-state index in [0.717, 1.165) is 6.42 Å². The average Bonchev–Trinajstić information content (AvgIpc) is 2.21. The monoisotopic (exact) mass is 204 g/mol. The minimum absolute atomic E-state index is 0.507. The van der Waals surface area contributed by atoms with Gasteiger partial charge in [-0.15, -0.1) is 0 Å². The highest BCUT2D eigenvalue weighted by Crippen LogP contribution is 2.17. The fourth-order valence-corrected chi connectivity index (χ4v) is 1.55. The highest BCUT2D eigenvalue weighted by molar-refractivity contribution is 8.03. The van der Waals surface area contributed by atoms with Crippen LogP contribution in [0.2, 0.25) is 0 Å². The Balaban J connectivity index is 2.52. The van der Waals surface area contributed by atoms with Crippen molar-refractivity contribution in [2.45, 2.75) is 32.1 Å². The smallest absolute Gasteiger partial charge is 0.0203 e. The van der Waals surface area contributed by atoms with Crippen LogP contribution in [0.4, 0.5) is 0 Å². The summed E-state index contributed by atoms with van der Waals surface area (Å²) >= 11 is 1.61. The lowest BCUT2D eigenvalue weighted by Gasteiger charge is -1.96. The molecule has 1 aromatic carbocycles. The van der Waals surface area contributed by atoms with Gasteiger partial charge in [-0.25, -0.2) is 0 Å². The molecule has 0 spiro atoms. The van der Waals surface area contributed by atoms with Crippen LogP contribution in [-0.2, 0) is 0 Å². The maximum Gasteiger partial charge on any atom is 0.0203 e. The van der Waals surface area contributed by atoms with E-state index in [1.54, 1.807) is 11.8 Å². The van der Waals surface area contributed by atoms with Gasteiger partial charge < -0.3 is 0 Å². The molecular formula is C13H16S. The number of hydrogen-bond acceptors (Lipinski definition) is 1. The van der Waals surface area contributed by atoms with Crippen molar-refractivity contribution in [2.24, 2.45) is 5.92 Å². The molecule has 74 valence electrons. The van der Waals surface area contributed by atoms with E-state index < -0.39 is 0 Å². The molecule has 0 heterocycles. The molecule has 0 nitrogen and oxygen atoms in total. The molecule has 1 rings (SSSR count). The van der Waals surface area contributed by atoms with E-state index in [4.69, 9.17) is 0 Å². The molecule has 0 N–H and O–H groups in total. The standard InChI is InChI=1S/C13H16S/c1-4-11(2)9-10-14-13-7-5-12(3)6-8-13/h5-8,11H,4H2,1-3H3. The van der Waals surface area contributed by atoms with Crippen LogP contribution >= 0.6 is 11.8 Å². The molecule has 0 saturated carbocycles. The van der Waals surface area contributed by atoms with Crippen molar-refractivity contribution >= 4 is 11.8 Å². The Morgan fingerprint density at radius 2 is 1.93 bits per heavy atom. The van der Waals surface area contributed by atoms with Crippen molar-refractivity contribution in [2.75, 3.05) is 0 Å². The van der Waals surface area contributed by atoms with E-state index in [0.29, 0.717) is 5.92 Å². The molecule has 0 aliphatic rings. The van der Waals surface area contributed by atoms with Crippen molar-refractivity contribution in [3.63, 3.8) is 0 Å². The van der Waals surface area contributed by atoms with Crippen molar-refractivity contribution < 1.29 is 0 Å². The summed E-state index contributed by atoms with van der Waals surface area (Å²) < 4.78 is 0. The molecule has 1 unspecified atom stereocenters. The van der Waals surface area contributed by atoms with Crippen LogP contribution in [0, 0.1) is 24.0 Å². The lowest BCUT2D eigenvalue weighted by Crippen LogP contribution is -1.83. The van der Waals surface area contributed by atoms with Gasteiger partial charge in [0.25, 0.3) is 0 Å². The first-order valence-corrected chi connectivity index (χ1v) is 5.78. The molecule has 1 aromatic rings. The molecule has 1 heteroatoms. The topological polar surface area (TPSA) is 0 Å². The molecule has 0 aliphatic heterocycles. The number of thioether (sulfide) groups is 1. The molecule has 0 saturated heterocycles. The highest BCUT2D eigenvalue weighted by atomic mass is 32.2. The van der Waals surface area contributed by atoms with Gasteiger partial charge in [0, 0.05) is 10.8 Å². The molecule has 1 atom stereocenters. The van der Waals surface area contributed by atoms with Gasteiger partial charge in [0.1, 0.15) is 0 Å². The lowest BCUT2D eigenvalue weighted by molar-refractivity contribution is 0.724. The summed E-state index contributed by atoms with van der Waals surface area (Å²) in [6.45, 7) is 6.41. The zero-order valence-electron chi connectivity index (χ0n) is 9.00. The van der Waals surface area contributed by atoms with E-state index >= 15 is 0 Å². The first-order valence-electron chi connectivity index (χ1n) is 4.96. The summed E-state index contributed by atoms with van der Waals surface area (Å²) in [5.41, 5.74) is 1.30. The number of hydrogen-bond donors (Lipinski definition) is 0. The second-order valence-corrected chi connectivity index (χ2v) is 4.35. The molecule has 0 bridgehead atoms. The van der Waals surface area contributed by atoms with Gasteiger partial charge >= 0.3 is 0 Å². The van der Waals surface area contributed by atoms with Crippen LogP contribution in [0.1, 0.15) is 25.8 Å². The fraction of sp³-hybridized carbons (Fsp3) is 0.385. The number of benzene rings is 1. The minimum atomic E-state index is 0.507. The summed E-state index contributed by atoms with van der Waals surface area (Å²) in [6.07, 6.45) is 1.13. The van der Waals surface area contributed by atoms with Crippen LogP contribution in [0.3, 0.4) is 0 Å². The van der Waals surface area contributed by atoms with Gasteiger partial charge in [0.05, 0.1) is 0 Å². The summed E-state index contributed by atoms with van der Waals surface area (Å²) in [4.78, 5) is 1.23. The van der Waals surface area contributed by atoms with Crippen molar-refractivity contribution in [1.82, 2.24) is 0 Å². The Hall–Kier alpha value is -0.870. The zero-order chi connectivity index (χ0) is 10.4. The summed E-state index contributed by atoms with van der Waals surface area (Å²) in [6, 6.07) is 8.47. The Kier molecular flexibility index (Phi) is 4.62. The van der Waals surface area contributed by atoms with Crippen LogP contribution < -0.4 is 0 Å². The maximum atomic E-state index is 3.21. The van der Waals surface area contributed by atoms with E-state index in [-0.39, 0.29) is 0 Å². The fourth-order valence-electron chi connectivity index (χ4n) is 0.897. The van der Waals surface area contributed by atoms with Gasteiger partial charge in [-0.05, 0) is 42.5 Å². The van der Waals surface area contributed by atoms with Crippen molar-refractivity contribution in [3.05, 3.63) is 29.8 Å².